The van der Waals surface area contributed by atoms with Gasteiger partial charge in [-0.1, -0.05) is 19.3 Å². The van der Waals surface area contributed by atoms with E-state index >= 15 is 0 Å². The number of anilines is 1. The first-order valence-corrected chi connectivity index (χ1v) is 14.5. The van der Waals surface area contributed by atoms with Crippen LogP contribution in [0.3, 0.4) is 0 Å². The van der Waals surface area contributed by atoms with Gasteiger partial charge in [-0.15, -0.1) is 0 Å². The van der Waals surface area contributed by atoms with Crippen LogP contribution in [0.15, 0.2) is 65.6 Å². The molecule has 226 valence electrons. The van der Waals surface area contributed by atoms with Gasteiger partial charge in [0.2, 0.25) is 5.91 Å². The maximum atomic E-state index is 13.4. The van der Waals surface area contributed by atoms with Crippen LogP contribution in [0.25, 0.3) is 33.3 Å². The second-order valence-electron chi connectivity index (χ2n) is 11.2. The molecular weight excluding hydrogens is 562 g/mol. The number of benzene rings is 2. The number of likely N-dealkylation sites (N-methyl/N-ethyl adjacent to an activating group) is 1. The molecule has 4 amide bonds. The Morgan fingerprint density at radius 3 is 2.59 bits per heavy atom. The molecule has 44 heavy (non-hydrogen) atoms. The number of nitrogens with two attached hydrogens (primary N) is 2. The molecule has 1 aliphatic rings. The lowest BCUT2D eigenvalue weighted by Crippen LogP contribution is -2.45. The number of imidazole rings is 1. The second kappa shape index (κ2) is 11.7. The van der Waals surface area contributed by atoms with Gasteiger partial charge in [-0.25, -0.2) is 4.98 Å². The van der Waals surface area contributed by atoms with Crippen LogP contribution in [-0.2, 0) is 20.8 Å². The molecule has 3 aromatic heterocycles. The molecule has 0 bridgehead atoms. The molecule has 0 unspecified atom stereocenters. The largest absolute Gasteiger partial charge is 0.472 e. The molecule has 2 aromatic carbocycles. The summed E-state index contributed by atoms with van der Waals surface area (Å²) in [5.41, 5.74) is 15.6. The number of carbonyl (C=O) groups excluding carboxylic acids is 4. The minimum absolute atomic E-state index is 0.0984. The number of aromatic nitrogens is 3. The van der Waals surface area contributed by atoms with Gasteiger partial charge in [-0.3, -0.25) is 19.2 Å². The Hall–Kier alpha value is -5.39. The summed E-state index contributed by atoms with van der Waals surface area (Å²) in [6, 6.07) is 11.7. The SMILES string of the molecule is CN(C(=O)C(N)=O)c1ccc2[nH]cc(C[C@H](NC(=O)c3ccc4c(c3)nc(-c3ccoc3)n4C3CCCCC3)C(N)=O)c2c1. The van der Waals surface area contributed by atoms with Crippen LogP contribution in [0.1, 0.15) is 54.1 Å². The van der Waals surface area contributed by atoms with E-state index in [2.05, 4.69) is 14.9 Å². The Kier molecular flexibility index (Phi) is 7.64. The van der Waals surface area contributed by atoms with Crippen molar-refractivity contribution in [3.8, 4) is 11.4 Å². The number of primary amides is 2. The molecule has 0 radical (unpaired) electrons. The molecule has 0 aliphatic heterocycles. The van der Waals surface area contributed by atoms with Gasteiger partial charge in [0.15, 0.2) is 0 Å². The van der Waals surface area contributed by atoms with Gasteiger partial charge in [-0.05, 0) is 60.9 Å². The summed E-state index contributed by atoms with van der Waals surface area (Å²) >= 11 is 0. The van der Waals surface area contributed by atoms with Crippen LogP contribution in [0.5, 0.6) is 0 Å². The molecule has 0 saturated heterocycles. The zero-order chi connectivity index (χ0) is 31.0. The van der Waals surface area contributed by atoms with Crippen molar-refractivity contribution in [1.82, 2.24) is 19.9 Å². The number of nitrogens with zero attached hydrogens (tertiary/aromatic N) is 3. The van der Waals surface area contributed by atoms with Crippen LogP contribution in [-0.4, -0.2) is 51.3 Å². The average Bonchev–Trinajstić information content (AvgIpc) is 3.78. The number of rotatable bonds is 8. The zero-order valence-electron chi connectivity index (χ0n) is 24.2. The number of furan rings is 1. The normalized spacial score (nSPS) is 14.5. The molecule has 3 heterocycles. The Morgan fingerprint density at radius 2 is 1.89 bits per heavy atom. The fraction of sp³-hybridized carbons (Fsp3) is 0.281. The van der Waals surface area contributed by atoms with Crippen molar-refractivity contribution in [1.29, 1.82) is 0 Å². The molecule has 1 aliphatic carbocycles. The highest BCUT2D eigenvalue weighted by molar-refractivity contribution is 6.39. The molecule has 0 spiro atoms. The Bertz CT molecular complexity index is 1880. The summed E-state index contributed by atoms with van der Waals surface area (Å²) in [6.07, 6.45) is 10.8. The molecule has 12 heteroatoms. The summed E-state index contributed by atoms with van der Waals surface area (Å²) < 4.78 is 7.60. The molecule has 5 aromatic rings. The van der Waals surface area contributed by atoms with E-state index in [4.69, 9.17) is 20.9 Å². The van der Waals surface area contributed by atoms with Gasteiger partial charge in [0.25, 0.3) is 5.91 Å². The molecule has 1 atom stereocenters. The Labute approximate surface area is 252 Å². The highest BCUT2D eigenvalue weighted by Crippen LogP contribution is 2.36. The summed E-state index contributed by atoms with van der Waals surface area (Å²) in [4.78, 5) is 58.6. The van der Waals surface area contributed by atoms with Gasteiger partial charge < -0.3 is 35.7 Å². The van der Waals surface area contributed by atoms with Crippen molar-refractivity contribution in [3.63, 3.8) is 0 Å². The highest BCUT2D eigenvalue weighted by Gasteiger charge is 2.25. The maximum absolute atomic E-state index is 13.4. The van der Waals surface area contributed by atoms with Gasteiger partial charge in [0, 0.05) is 47.9 Å². The van der Waals surface area contributed by atoms with Crippen molar-refractivity contribution in [3.05, 3.63) is 72.3 Å². The van der Waals surface area contributed by atoms with E-state index in [1.807, 2.05) is 12.1 Å². The zero-order valence-corrected chi connectivity index (χ0v) is 24.2. The summed E-state index contributed by atoms with van der Waals surface area (Å²) in [5.74, 6) is -2.29. The van der Waals surface area contributed by atoms with Crippen LogP contribution >= 0.6 is 0 Å². The average molecular weight is 596 g/mol. The summed E-state index contributed by atoms with van der Waals surface area (Å²) in [6.45, 7) is 0. The van der Waals surface area contributed by atoms with Gasteiger partial charge in [-0.2, -0.15) is 0 Å². The number of H-pyrrole nitrogens is 1. The van der Waals surface area contributed by atoms with Crippen molar-refractivity contribution >= 4 is 51.3 Å². The van der Waals surface area contributed by atoms with Crippen LogP contribution in [0, 0.1) is 0 Å². The van der Waals surface area contributed by atoms with E-state index < -0.39 is 29.7 Å². The third kappa shape index (κ3) is 5.41. The number of hydrogen-bond donors (Lipinski definition) is 4. The Morgan fingerprint density at radius 1 is 1.09 bits per heavy atom. The second-order valence-corrected chi connectivity index (χ2v) is 11.2. The molecule has 6 N–H and O–H groups in total. The van der Waals surface area contributed by atoms with Crippen LogP contribution < -0.4 is 21.7 Å². The first kappa shape index (κ1) is 28.7. The summed E-state index contributed by atoms with van der Waals surface area (Å²) in [5, 5.41) is 3.48. The highest BCUT2D eigenvalue weighted by atomic mass is 16.3. The van der Waals surface area contributed by atoms with Crippen LogP contribution in [0.4, 0.5) is 5.69 Å². The van der Waals surface area contributed by atoms with Crippen molar-refractivity contribution in [2.75, 3.05) is 11.9 Å². The van der Waals surface area contributed by atoms with Crippen LogP contribution in [0.2, 0.25) is 0 Å². The standard InChI is InChI=1S/C32H33N7O5/c1-38(32(43)29(34)41)22-8-9-24-23(15-22)20(16-35-24)14-26(28(33)40)37-31(42)18-7-10-27-25(13-18)36-30(19-11-12-44-17-19)39(27)21-5-3-2-4-6-21/h7-13,15-17,21,26,35H,2-6,14H2,1H3,(H2,33,40)(H2,34,41)(H,37,42)/t26-/m0/s1. The van der Waals surface area contributed by atoms with E-state index in [0.717, 1.165) is 53.0 Å². The van der Waals surface area contributed by atoms with Gasteiger partial charge in [0.05, 0.1) is 22.9 Å². The quantitative estimate of drug-likeness (QED) is 0.199. The van der Waals surface area contributed by atoms with Crippen molar-refractivity contribution < 1.29 is 23.6 Å². The van der Waals surface area contributed by atoms with Crippen molar-refractivity contribution in [2.45, 2.75) is 50.6 Å². The number of carbonyl (C=O) groups is 4. The number of nitrogens with one attached hydrogen (secondary N) is 2. The molecule has 1 saturated carbocycles. The van der Waals surface area contributed by atoms with E-state index in [-0.39, 0.29) is 6.42 Å². The molecule has 6 rings (SSSR count). The fourth-order valence-electron chi connectivity index (χ4n) is 6.05. The minimum Gasteiger partial charge on any atom is -0.472 e. The van der Waals surface area contributed by atoms with E-state index in [1.165, 1.54) is 13.5 Å². The minimum atomic E-state index is -1.07. The lowest BCUT2D eigenvalue weighted by atomic mass is 9.95. The predicted molar refractivity (Wildman–Crippen MR) is 165 cm³/mol. The first-order valence-electron chi connectivity index (χ1n) is 14.5. The Balaban J connectivity index is 1.26. The molecule has 1 fully saturated rings. The van der Waals surface area contributed by atoms with Gasteiger partial charge in [0.1, 0.15) is 18.1 Å². The predicted octanol–water partition coefficient (Wildman–Crippen LogP) is 3.56. The number of hydrogen-bond acceptors (Lipinski definition) is 6. The number of aromatic amines is 1. The molecule has 12 nitrogen and oxygen atoms in total. The first-order chi connectivity index (χ1) is 21.2. The fourth-order valence-corrected chi connectivity index (χ4v) is 6.05. The smallest absolute Gasteiger partial charge is 0.315 e. The third-order valence-corrected chi connectivity index (χ3v) is 8.40. The van der Waals surface area contributed by atoms with Gasteiger partial charge >= 0.3 is 11.8 Å². The maximum Gasteiger partial charge on any atom is 0.315 e. The number of fused-ring (bicyclic) bond motifs is 2. The van der Waals surface area contributed by atoms with E-state index in [0.29, 0.717) is 33.8 Å². The third-order valence-electron chi connectivity index (χ3n) is 8.40. The molecular formula is C32H33N7O5. The topological polar surface area (TPSA) is 182 Å². The lowest BCUT2D eigenvalue weighted by molar-refractivity contribution is -0.135. The number of amides is 4. The van der Waals surface area contributed by atoms with E-state index in [1.54, 1.807) is 49.1 Å². The monoisotopic (exact) mass is 595 g/mol. The lowest BCUT2D eigenvalue weighted by Gasteiger charge is -2.25. The van der Waals surface area contributed by atoms with E-state index in [9.17, 15) is 19.2 Å². The van der Waals surface area contributed by atoms with Crippen molar-refractivity contribution in [2.24, 2.45) is 11.5 Å². The summed E-state index contributed by atoms with van der Waals surface area (Å²) in [7, 11) is 1.44.